The van der Waals surface area contributed by atoms with Crippen molar-refractivity contribution in [2.24, 2.45) is 11.8 Å². The number of hydrogen-bond donors (Lipinski definition) is 2. The van der Waals surface area contributed by atoms with Gasteiger partial charge in [0.15, 0.2) is 0 Å². The Kier molecular flexibility index (Phi) is 5.52. The summed E-state index contributed by atoms with van der Waals surface area (Å²) in [6.45, 7) is 1.52. The fraction of sp³-hybridized carbons (Fsp3) is 0.345. The Hall–Kier alpha value is -3.71. The number of hydrogen-bond acceptors (Lipinski definition) is 4. The quantitative estimate of drug-likeness (QED) is 0.596. The third-order valence-corrected chi connectivity index (χ3v) is 8.19. The molecule has 2 aliphatic heterocycles. The number of aliphatic hydroxyl groups excluding tert-OH is 1. The highest BCUT2D eigenvalue weighted by Gasteiger charge is 2.57. The molecular weight excluding hydrogens is 454 g/mol. The van der Waals surface area contributed by atoms with Gasteiger partial charge in [-0.05, 0) is 41.7 Å². The minimum atomic E-state index is -0.636. The first-order chi connectivity index (χ1) is 17.5. The SMILES string of the molecule is CC(=O)N1[C@@H]2Cn3c(ccc(-c4ccccc4)c3=O)[C@H]1[C@@H](C(=O)NC1Cc3ccccc3C1)[C@@H]2CO. The molecule has 0 saturated carbocycles. The molecule has 7 nitrogen and oxygen atoms in total. The molecule has 1 aromatic heterocycles. The van der Waals surface area contributed by atoms with Crippen LogP contribution in [0.3, 0.4) is 0 Å². The molecule has 184 valence electrons. The monoisotopic (exact) mass is 483 g/mol. The third kappa shape index (κ3) is 3.49. The molecule has 0 radical (unpaired) electrons. The number of fused-ring (bicyclic) bond motifs is 5. The van der Waals surface area contributed by atoms with Gasteiger partial charge < -0.3 is 19.9 Å². The summed E-state index contributed by atoms with van der Waals surface area (Å²) in [5.74, 6) is -1.41. The van der Waals surface area contributed by atoms with Gasteiger partial charge in [-0.15, -0.1) is 0 Å². The zero-order valence-electron chi connectivity index (χ0n) is 20.1. The van der Waals surface area contributed by atoms with Gasteiger partial charge >= 0.3 is 0 Å². The highest BCUT2D eigenvalue weighted by molar-refractivity contribution is 5.84. The van der Waals surface area contributed by atoms with E-state index in [2.05, 4.69) is 17.4 Å². The molecule has 3 heterocycles. The van der Waals surface area contributed by atoms with Crippen molar-refractivity contribution < 1.29 is 14.7 Å². The predicted molar refractivity (Wildman–Crippen MR) is 135 cm³/mol. The fourth-order valence-electron chi connectivity index (χ4n) is 6.63. The fourth-order valence-corrected chi connectivity index (χ4v) is 6.63. The molecule has 3 aromatic rings. The van der Waals surface area contributed by atoms with E-state index in [0.29, 0.717) is 11.3 Å². The molecule has 1 fully saturated rings. The highest BCUT2D eigenvalue weighted by Crippen LogP contribution is 2.48. The second-order valence-corrected chi connectivity index (χ2v) is 10.1. The maximum Gasteiger partial charge on any atom is 0.258 e. The van der Waals surface area contributed by atoms with Crippen LogP contribution in [-0.4, -0.2) is 45.1 Å². The van der Waals surface area contributed by atoms with Crippen LogP contribution in [0, 0.1) is 11.8 Å². The number of nitrogens with zero attached hydrogens (tertiary/aromatic N) is 2. The van der Waals surface area contributed by atoms with Gasteiger partial charge in [0.25, 0.3) is 5.56 Å². The Bertz CT molecular complexity index is 1370. The maximum absolute atomic E-state index is 13.8. The van der Waals surface area contributed by atoms with Gasteiger partial charge in [0.05, 0.1) is 18.0 Å². The summed E-state index contributed by atoms with van der Waals surface area (Å²) in [6, 6.07) is 20.3. The van der Waals surface area contributed by atoms with E-state index in [-0.39, 0.29) is 36.6 Å². The Balaban J connectivity index is 1.37. The lowest BCUT2D eigenvalue weighted by Crippen LogP contribution is -2.48. The van der Waals surface area contributed by atoms with E-state index < -0.39 is 23.9 Å². The van der Waals surface area contributed by atoms with E-state index in [0.717, 1.165) is 18.4 Å². The van der Waals surface area contributed by atoms with E-state index in [1.165, 1.54) is 18.1 Å². The Morgan fingerprint density at radius 2 is 1.64 bits per heavy atom. The first-order valence-electron chi connectivity index (χ1n) is 12.5. The average molecular weight is 484 g/mol. The molecule has 7 heteroatoms. The van der Waals surface area contributed by atoms with E-state index in [9.17, 15) is 19.5 Å². The van der Waals surface area contributed by atoms with Crippen LogP contribution in [0.25, 0.3) is 11.1 Å². The lowest BCUT2D eigenvalue weighted by atomic mass is 9.86. The van der Waals surface area contributed by atoms with Crippen LogP contribution in [0.5, 0.6) is 0 Å². The van der Waals surface area contributed by atoms with Crippen LogP contribution in [0.4, 0.5) is 0 Å². The molecule has 2 amide bonds. The molecule has 2 aromatic carbocycles. The second kappa shape index (κ2) is 8.75. The highest BCUT2D eigenvalue weighted by atomic mass is 16.3. The van der Waals surface area contributed by atoms with Crippen molar-refractivity contribution in [1.29, 1.82) is 0 Å². The van der Waals surface area contributed by atoms with Crippen molar-refractivity contribution in [3.05, 3.63) is 93.9 Å². The average Bonchev–Trinajstić information content (AvgIpc) is 3.40. The topological polar surface area (TPSA) is 91.6 Å². The molecule has 2 bridgehead atoms. The van der Waals surface area contributed by atoms with Crippen molar-refractivity contribution in [2.45, 2.75) is 44.4 Å². The molecule has 0 unspecified atom stereocenters. The van der Waals surface area contributed by atoms with Crippen LogP contribution in [-0.2, 0) is 29.0 Å². The number of aliphatic hydroxyl groups is 1. The summed E-state index contributed by atoms with van der Waals surface area (Å²) in [4.78, 5) is 41.9. The Labute approximate surface area is 209 Å². The predicted octanol–water partition coefficient (Wildman–Crippen LogP) is 2.31. The first-order valence-corrected chi connectivity index (χ1v) is 12.5. The molecule has 3 aliphatic rings. The summed E-state index contributed by atoms with van der Waals surface area (Å²) < 4.78 is 1.71. The van der Waals surface area contributed by atoms with Crippen molar-refractivity contribution in [3.8, 4) is 11.1 Å². The molecule has 4 atom stereocenters. The molecule has 1 aliphatic carbocycles. The van der Waals surface area contributed by atoms with Crippen molar-refractivity contribution in [2.75, 3.05) is 6.61 Å². The lowest BCUT2D eigenvalue weighted by molar-refractivity contribution is -0.134. The third-order valence-electron chi connectivity index (χ3n) is 8.19. The minimum Gasteiger partial charge on any atom is -0.396 e. The summed E-state index contributed by atoms with van der Waals surface area (Å²) in [7, 11) is 0. The van der Waals surface area contributed by atoms with E-state index >= 15 is 0 Å². The van der Waals surface area contributed by atoms with Crippen molar-refractivity contribution >= 4 is 11.8 Å². The van der Waals surface area contributed by atoms with Crippen molar-refractivity contribution in [1.82, 2.24) is 14.8 Å². The van der Waals surface area contributed by atoms with E-state index in [1.54, 1.807) is 15.5 Å². The zero-order valence-corrected chi connectivity index (χ0v) is 20.1. The molecule has 6 rings (SSSR count). The second-order valence-electron chi connectivity index (χ2n) is 10.1. The summed E-state index contributed by atoms with van der Waals surface area (Å²) in [5.41, 5.74) is 4.40. The zero-order chi connectivity index (χ0) is 25.0. The number of benzene rings is 2. The van der Waals surface area contributed by atoms with Crippen LogP contribution in [0.2, 0.25) is 0 Å². The standard InChI is InChI=1S/C29H29N3O4/c1-17(34)32-25-15-31-24(12-11-22(29(31)36)18-7-3-2-4-8-18)27(32)26(23(25)16-33)28(35)30-21-13-19-9-5-6-10-20(19)14-21/h2-12,21,23,25-27,33H,13-16H2,1H3,(H,30,35)/t23-,25-,26+,27+/m1/s1. The number of carbonyl (C=O) groups excluding carboxylic acids is 2. The van der Waals surface area contributed by atoms with Crippen LogP contribution in [0.15, 0.2) is 71.5 Å². The molecule has 0 spiro atoms. The number of nitrogens with one attached hydrogen (secondary N) is 1. The van der Waals surface area contributed by atoms with Crippen LogP contribution in [0.1, 0.15) is 29.8 Å². The van der Waals surface area contributed by atoms with Gasteiger partial charge in [0.1, 0.15) is 0 Å². The normalized spacial score (nSPS) is 24.3. The summed E-state index contributed by atoms with van der Waals surface area (Å²) in [5, 5.41) is 13.6. The van der Waals surface area contributed by atoms with Gasteiger partial charge in [-0.1, -0.05) is 54.6 Å². The number of rotatable bonds is 4. The van der Waals surface area contributed by atoms with Crippen molar-refractivity contribution in [3.63, 3.8) is 0 Å². The summed E-state index contributed by atoms with van der Waals surface area (Å²) >= 11 is 0. The summed E-state index contributed by atoms with van der Waals surface area (Å²) in [6.07, 6.45) is 1.53. The van der Waals surface area contributed by atoms with Gasteiger partial charge in [-0.3, -0.25) is 14.4 Å². The van der Waals surface area contributed by atoms with Crippen LogP contribution < -0.4 is 10.9 Å². The molecule has 1 saturated heterocycles. The Morgan fingerprint density at radius 1 is 0.972 bits per heavy atom. The van der Waals surface area contributed by atoms with Crippen LogP contribution >= 0.6 is 0 Å². The number of aromatic nitrogens is 1. The maximum atomic E-state index is 13.8. The van der Waals surface area contributed by atoms with Gasteiger partial charge in [0.2, 0.25) is 11.8 Å². The minimum absolute atomic E-state index is 0.0249. The lowest BCUT2D eigenvalue weighted by Gasteiger charge is -2.37. The van der Waals surface area contributed by atoms with Gasteiger partial charge in [-0.25, -0.2) is 0 Å². The molecule has 2 N–H and O–H groups in total. The van der Waals surface area contributed by atoms with E-state index in [1.807, 2.05) is 48.5 Å². The smallest absolute Gasteiger partial charge is 0.258 e. The van der Waals surface area contributed by atoms with E-state index in [4.69, 9.17) is 0 Å². The molecular formula is C29H29N3O4. The largest absolute Gasteiger partial charge is 0.396 e. The first kappa shape index (κ1) is 22.7. The number of amides is 2. The molecule has 36 heavy (non-hydrogen) atoms. The number of carbonyl (C=O) groups is 2. The van der Waals surface area contributed by atoms with Gasteiger partial charge in [-0.2, -0.15) is 0 Å². The van der Waals surface area contributed by atoms with Gasteiger partial charge in [0, 0.05) is 43.3 Å². The Morgan fingerprint density at radius 3 is 2.28 bits per heavy atom. The number of pyridine rings is 1.